The Balaban J connectivity index is 1.57. The Kier molecular flexibility index (Phi) is 7.60. The van der Waals surface area contributed by atoms with E-state index in [1.165, 1.54) is 0 Å². The minimum Gasteiger partial charge on any atom is -0.493 e. The number of rotatable bonds is 9. The van der Waals surface area contributed by atoms with Crippen LogP contribution in [0.15, 0.2) is 72.8 Å². The number of hydrogen-bond acceptors (Lipinski definition) is 4. The molecule has 0 atom stereocenters. The topological polar surface area (TPSA) is 61.9 Å². The maximum Gasteiger partial charge on any atom is 0.257 e. The van der Waals surface area contributed by atoms with E-state index >= 15 is 0 Å². The fourth-order valence-electron chi connectivity index (χ4n) is 4.27. The molecule has 1 heterocycles. The lowest BCUT2D eigenvalue weighted by Crippen LogP contribution is -2.28. The zero-order chi connectivity index (χ0) is 23.9. The smallest absolute Gasteiger partial charge is 0.257 e. The van der Waals surface area contributed by atoms with E-state index in [2.05, 4.69) is 24.1 Å². The van der Waals surface area contributed by atoms with Gasteiger partial charge in [-0.15, -0.1) is 0 Å². The molecule has 6 heteroatoms. The first-order valence-corrected chi connectivity index (χ1v) is 11.9. The first-order chi connectivity index (χ1) is 16.6. The van der Waals surface area contributed by atoms with Gasteiger partial charge in [0.1, 0.15) is 5.75 Å². The molecule has 3 aromatic carbocycles. The maximum absolute atomic E-state index is 13.7. The SMILES string of the molecule is CCN(CC)CCCOc1ccccc1CC(=O)N1c2ccccc2NC(=O)c2ccccc21. The Hall–Kier alpha value is -3.64. The van der Waals surface area contributed by atoms with Crippen molar-refractivity contribution in [3.8, 4) is 5.75 Å². The van der Waals surface area contributed by atoms with Crippen LogP contribution in [0.2, 0.25) is 0 Å². The van der Waals surface area contributed by atoms with Gasteiger partial charge in [-0.2, -0.15) is 0 Å². The molecule has 2 amide bonds. The molecule has 0 unspecified atom stereocenters. The third-order valence-electron chi connectivity index (χ3n) is 6.12. The summed E-state index contributed by atoms with van der Waals surface area (Å²) >= 11 is 0. The first-order valence-electron chi connectivity index (χ1n) is 11.9. The Morgan fingerprint density at radius 3 is 2.38 bits per heavy atom. The lowest BCUT2D eigenvalue weighted by Gasteiger charge is -2.24. The summed E-state index contributed by atoms with van der Waals surface area (Å²) in [7, 11) is 0. The van der Waals surface area contributed by atoms with Crippen molar-refractivity contribution in [3.63, 3.8) is 0 Å². The molecular weight excluding hydrogens is 426 g/mol. The number of para-hydroxylation sites is 4. The van der Waals surface area contributed by atoms with E-state index in [-0.39, 0.29) is 18.2 Å². The number of nitrogens with zero attached hydrogens (tertiary/aromatic N) is 2. The molecule has 0 aliphatic carbocycles. The summed E-state index contributed by atoms with van der Waals surface area (Å²) in [6.07, 6.45) is 1.08. The Morgan fingerprint density at radius 2 is 1.59 bits per heavy atom. The predicted molar refractivity (Wildman–Crippen MR) is 136 cm³/mol. The van der Waals surface area contributed by atoms with Crippen molar-refractivity contribution in [2.45, 2.75) is 26.7 Å². The number of benzene rings is 3. The molecule has 6 nitrogen and oxygen atoms in total. The Labute approximate surface area is 201 Å². The van der Waals surface area contributed by atoms with Crippen LogP contribution in [0.3, 0.4) is 0 Å². The molecule has 1 aliphatic rings. The molecule has 0 saturated heterocycles. The second kappa shape index (κ2) is 11.0. The molecule has 176 valence electrons. The number of hydrogen-bond donors (Lipinski definition) is 1. The molecule has 0 radical (unpaired) electrons. The van der Waals surface area contributed by atoms with Gasteiger partial charge in [-0.1, -0.05) is 56.3 Å². The third kappa shape index (κ3) is 5.13. The summed E-state index contributed by atoms with van der Waals surface area (Å²) in [4.78, 5) is 30.5. The fourth-order valence-corrected chi connectivity index (χ4v) is 4.27. The molecular formula is C28H31N3O3. The van der Waals surface area contributed by atoms with Crippen LogP contribution >= 0.6 is 0 Å². The average molecular weight is 458 g/mol. The number of anilines is 3. The van der Waals surface area contributed by atoms with Crippen molar-refractivity contribution >= 4 is 28.9 Å². The van der Waals surface area contributed by atoms with Crippen molar-refractivity contribution in [2.24, 2.45) is 0 Å². The Morgan fingerprint density at radius 1 is 0.912 bits per heavy atom. The van der Waals surface area contributed by atoms with Crippen LogP contribution < -0.4 is 15.0 Å². The Bertz CT molecular complexity index is 1160. The molecule has 1 aliphatic heterocycles. The highest BCUT2D eigenvalue weighted by atomic mass is 16.5. The molecule has 0 aromatic heterocycles. The maximum atomic E-state index is 13.7. The van der Waals surface area contributed by atoms with Crippen molar-refractivity contribution in [1.29, 1.82) is 0 Å². The second-order valence-electron chi connectivity index (χ2n) is 8.23. The number of carbonyl (C=O) groups is 2. The van der Waals surface area contributed by atoms with Crippen LogP contribution in [0.4, 0.5) is 17.1 Å². The van der Waals surface area contributed by atoms with Gasteiger partial charge < -0.3 is 15.0 Å². The van der Waals surface area contributed by atoms with E-state index in [9.17, 15) is 9.59 Å². The van der Waals surface area contributed by atoms with Crippen LogP contribution in [0.1, 0.15) is 36.2 Å². The molecule has 1 N–H and O–H groups in total. The minimum absolute atomic E-state index is 0.129. The highest BCUT2D eigenvalue weighted by Crippen LogP contribution is 2.38. The zero-order valence-corrected chi connectivity index (χ0v) is 19.8. The van der Waals surface area contributed by atoms with Gasteiger partial charge >= 0.3 is 0 Å². The van der Waals surface area contributed by atoms with Crippen LogP contribution in [-0.4, -0.2) is 43.0 Å². The van der Waals surface area contributed by atoms with Crippen molar-refractivity contribution < 1.29 is 14.3 Å². The molecule has 0 fully saturated rings. The predicted octanol–water partition coefficient (Wildman–Crippen LogP) is 5.27. The van der Waals surface area contributed by atoms with E-state index in [4.69, 9.17) is 4.74 Å². The quantitative estimate of drug-likeness (QED) is 0.445. The van der Waals surface area contributed by atoms with Crippen molar-refractivity contribution in [2.75, 3.05) is 36.5 Å². The molecule has 0 saturated carbocycles. The van der Waals surface area contributed by atoms with Gasteiger partial charge in [0, 0.05) is 12.1 Å². The van der Waals surface area contributed by atoms with Gasteiger partial charge in [0.25, 0.3) is 5.91 Å². The number of nitrogens with one attached hydrogen (secondary N) is 1. The molecule has 4 rings (SSSR count). The molecule has 34 heavy (non-hydrogen) atoms. The summed E-state index contributed by atoms with van der Waals surface area (Å²) in [6, 6.07) is 22.3. The van der Waals surface area contributed by atoms with E-state index in [1.807, 2.05) is 60.7 Å². The monoisotopic (exact) mass is 457 g/mol. The number of amides is 2. The van der Waals surface area contributed by atoms with Gasteiger partial charge in [0.15, 0.2) is 0 Å². The lowest BCUT2D eigenvalue weighted by molar-refractivity contribution is -0.117. The number of ether oxygens (including phenoxy) is 1. The largest absolute Gasteiger partial charge is 0.493 e. The van der Waals surface area contributed by atoms with E-state index in [0.717, 1.165) is 37.4 Å². The number of carbonyl (C=O) groups excluding carboxylic acids is 2. The normalized spacial score (nSPS) is 12.6. The van der Waals surface area contributed by atoms with Gasteiger partial charge in [0.05, 0.1) is 35.7 Å². The highest BCUT2D eigenvalue weighted by molar-refractivity contribution is 6.17. The third-order valence-corrected chi connectivity index (χ3v) is 6.12. The summed E-state index contributed by atoms with van der Waals surface area (Å²) in [5.74, 6) is 0.367. The van der Waals surface area contributed by atoms with Gasteiger partial charge in [-0.3, -0.25) is 14.5 Å². The summed E-state index contributed by atoms with van der Waals surface area (Å²) in [6.45, 7) is 7.95. The van der Waals surface area contributed by atoms with Crippen molar-refractivity contribution in [3.05, 3.63) is 83.9 Å². The summed E-state index contributed by atoms with van der Waals surface area (Å²) < 4.78 is 6.08. The van der Waals surface area contributed by atoms with Crippen LogP contribution in [0.5, 0.6) is 5.75 Å². The second-order valence-corrected chi connectivity index (χ2v) is 8.23. The number of fused-ring (bicyclic) bond motifs is 2. The van der Waals surface area contributed by atoms with Gasteiger partial charge in [0.2, 0.25) is 5.91 Å². The standard InChI is InChI=1S/C28H31N3O3/c1-3-30(4-2)18-11-19-34-26-17-10-5-12-21(26)20-27(32)31-24-15-8-6-13-22(24)28(33)29-23-14-7-9-16-25(23)31/h5-10,12-17H,3-4,11,18-20H2,1-2H3,(H,29,33). The molecule has 0 spiro atoms. The summed E-state index contributed by atoms with van der Waals surface area (Å²) in [5, 5.41) is 2.93. The van der Waals surface area contributed by atoms with Crippen LogP contribution in [-0.2, 0) is 11.2 Å². The van der Waals surface area contributed by atoms with Crippen LogP contribution in [0.25, 0.3) is 0 Å². The molecule has 0 bridgehead atoms. The van der Waals surface area contributed by atoms with Gasteiger partial charge in [-0.05, 0) is 49.8 Å². The average Bonchev–Trinajstić information content (AvgIpc) is 2.99. The minimum atomic E-state index is -0.227. The summed E-state index contributed by atoms with van der Waals surface area (Å²) in [5.41, 5.74) is 3.14. The highest BCUT2D eigenvalue weighted by Gasteiger charge is 2.29. The van der Waals surface area contributed by atoms with Crippen LogP contribution in [0, 0.1) is 0 Å². The van der Waals surface area contributed by atoms with E-state index in [1.54, 1.807) is 17.0 Å². The fraction of sp³-hybridized carbons (Fsp3) is 0.286. The van der Waals surface area contributed by atoms with Crippen molar-refractivity contribution in [1.82, 2.24) is 4.90 Å². The zero-order valence-electron chi connectivity index (χ0n) is 19.8. The lowest BCUT2D eigenvalue weighted by atomic mass is 10.1. The van der Waals surface area contributed by atoms with Gasteiger partial charge in [-0.25, -0.2) is 0 Å². The first kappa shape index (κ1) is 23.5. The molecule has 3 aromatic rings. The van der Waals surface area contributed by atoms with E-state index in [0.29, 0.717) is 29.2 Å². The van der Waals surface area contributed by atoms with E-state index < -0.39 is 0 Å².